The molecule has 1 fully saturated rings. The SMILES string of the molecule is CCCCCC/C=C\CC(=O)N[C@H]1COC(=O)CNC(=O)C(CCCN([O-])C(C)=O)NC(=O)CNC(=O)[C@H](CO)NCC(CCCN([O-])C(C)=O)NC(=O)[C@H](CO)NC(=O)[C@@H](C(C)C)NC(=O)CNC(=O)C(CCCN([O-])C(C)=O)NC1=O.[Fe+3]. The number of nitrogens with one attached hydrogen (secondary N) is 10. The molecule has 0 spiro atoms. The minimum Gasteiger partial charge on any atom is -0.756 e. The Bertz CT molecular complexity index is 2210. The number of nitrogens with zero attached hydrogens (tertiary/aromatic N) is 3. The summed E-state index contributed by atoms with van der Waals surface area (Å²) >= 11 is 0. The van der Waals surface area contributed by atoms with E-state index in [4.69, 9.17) is 4.74 Å². The van der Waals surface area contributed by atoms with E-state index < -0.39 is 178 Å². The predicted octanol–water partition coefficient (Wildman–Crippen LogP) is -4.31. The van der Waals surface area contributed by atoms with Gasteiger partial charge in [0.1, 0.15) is 49.4 Å². The predicted molar refractivity (Wildman–Crippen MR) is 295 cm³/mol. The van der Waals surface area contributed by atoms with Crippen LogP contribution in [-0.2, 0) is 84.1 Å². The molecule has 1 rings (SSSR count). The molecule has 475 valence electrons. The minimum absolute atomic E-state index is 0. The van der Waals surface area contributed by atoms with E-state index in [1.54, 1.807) is 12.2 Å². The Morgan fingerprint density at radius 3 is 1.60 bits per heavy atom. The van der Waals surface area contributed by atoms with Crippen molar-refractivity contribution in [1.29, 1.82) is 0 Å². The fourth-order valence-electron chi connectivity index (χ4n) is 7.68. The van der Waals surface area contributed by atoms with Crippen molar-refractivity contribution in [2.45, 2.75) is 161 Å². The molecule has 0 aliphatic carbocycles. The Morgan fingerprint density at radius 1 is 0.595 bits per heavy atom. The number of hydroxylamine groups is 6. The molecule has 1 saturated heterocycles. The van der Waals surface area contributed by atoms with Gasteiger partial charge in [0.2, 0.25) is 70.9 Å². The van der Waals surface area contributed by atoms with Crippen LogP contribution in [0.15, 0.2) is 12.2 Å². The van der Waals surface area contributed by atoms with E-state index in [1.807, 2.05) is 0 Å². The van der Waals surface area contributed by atoms with Crippen molar-refractivity contribution in [2.24, 2.45) is 5.92 Å². The van der Waals surface area contributed by atoms with E-state index in [9.17, 15) is 88.2 Å². The molecule has 32 nitrogen and oxygen atoms in total. The van der Waals surface area contributed by atoms with Crippen molar-refractivity contribution in [2.75, 3.05) is 65.6 Å². The Labute approximate surface area is 498 Å². The zero-order valence-corrected chi connectivity index (χ0v) is 49.5. The number of hydrogen-bond acceptors (Lipinski definition) is 20. The smallest absolute Gasteiger partial charge is 0.756 e. The van der Waals surface area contributed by atoms with Crippen LogP contribution in [-0.4, -0.2) is 210 Å². The molecular formula is C51H84FeN13O19. The van der Waals surface area contributed by atoms with Gasteiger partial charge in [0.25, 0.3) is 0 Å². The van der Waals surface area contributed by atoms with E-state index in [-0.39, 0.29) is 90.3 Å². The molecule has 12 amide bonds. The summed E-state index contributed by atoms with van der Waals surface area (Å²) in [6, 6.07) is -10.5. The summed E-state index contributed by atoms with van der Waals surface area (Å²) in [5.74, 6) is -13.3. The first-order valence-electron chi connectivity index (χ1n) is 27.5. The third kappa shape index (κ3) is 32.3. The first-order chi connectivity index (χ1) is 39.2. The summed E-state index contributed by atoms with van der Waals surface area (Å²) in [6.45, 7) is 1.20. The number of hydrogen-bond donors (Lipinski definition) is 12. The summed E-state index contributed by atoms with van der Waals surface area (Å²) in [4.78, 5) is 170. The van der Waals surface area contributed by atoms with Crippen LogP contribution in [0.2, 0.25) is 0 Å². The molecule has 0 aromatic rings. The van der Waals surface area contributed by atoms with Crippen LogP contribution in [0.3, 0.4) is 0 Å². The quantitative estimate of drug-likeness (QED) is 0.0151. The van der Waals surface area contributed by atoms with Crippen molar-refractivity contribution >= 4 is 76.9 Å². The van der Waals surface area contributed by atoms with Crippen LogP contribution in [0.25, 0.3) is 0 Å². The van der Waals surface area contributed by atoms with Gasteiger partial charge in [0.05, 0.1) is 26.3 Å². The minimum atomic E-state index is -1.74. The summed E-state index contributed by atoms with van der Waals surface area (Å²) in [5.41, 5.74) is 0. The summed E-state index contributed by atoms with van der Waals surface area (Å²) in [6.07, 6.45) is 6.48. The molecule has 84 heavy (non-hydrogen) atoms. The molecule has 1 heterocycles. The Morgan fingerprint density at radius 2 is 1.08 bits per heavy atom. The number of ether oxygens (including phenoxy) is 1. The standard InChI is InChI=1S/C51H84N13O19.Fe/c1-7-8-9-10-11-12-13-20-41(70)58-40-30-83-44(73)27-55-46(74)36(18-15-22-63(81)33(5)68)57-42(71)25-54-48(76)38(28-65)52-24-35(17-14-21-62(80)32(4)67)56-49(77)39(29-66)60-51(79)45(31(2)3)61-43(72)26-53-47(75)37(59-50(40)78)19-16-23-64(82)34(6)69;/h12-13,31,35-40,45,52,65-66H,7-11,14-30H2,1-6H3,(H,53,75)(H,54,76)(H,55,74)(H,56,77)(H,57,71)(H,58,70)(H,59,78)(H,60,79)(H,61,72);/q-3;+3/b13-12-;/t35?,36?,37?,38-,39-,40-,45+;/m0./s1. The first kappa shape index (κ1) is 77.1. The number of esters is 1. The number of aliphatic hydroxyl groups is 2. The number of aliphatic hydroxyl groups excluding tert-OH is 2. The van der Waals surface area contributed by atoms with E-state index in [0.717, 1.165) is 46.5 Å². The normalized spacial score (nSPS) is 21.7. The fraction of sp³-hybridized carbons (Fsp3) is 0.706. The van der Waals surface area contributed by atoms with E-state index in [0.29, 0.717) is 6.42 Å². The van der Waals surface area contributed by atoms with Crippen LogP contribution < -0.4 is 53.2 Å². The number of cyclic esters (lactones) is 1. The molecular weight excluding hydrogens is 1150 g/mol. The molecule has 0 aromatic carbocycles. The average Bonchev–Trinajstić information content (AvgIpc) is 3.53. The van der Waals surface area contributed by atoms with Gasteiger partial charge in [0.15, 0.2) is 0 Å². The summed E-state index contributed by atoms with van der Waals surface area (Å²) in [5, 5.41) is 81.0. The van der Waals surface area contributed by atoms with Gasteiger partial charge in [0, 0.05) is 59.4 Å². The summed E-state index contributed by atoms with van der Waals surface area (Å²) in [7, 11) is 0. The van der Waals surface area contributed by atoms with Crippen LogP contribution >= 0.6 is 0 Å². The zero-order valence-electron chi connectivity index (χ0n) is 48.4. The van der Waals surface area contributed by atoms with Crippen LogP contribution in [0.5, 0.6) is 0 Å². The van der Waals surface area contributed by atoms with Crippen molar-refractivity contribution in [3.63, 3.8) is 0 Å². The van der Waals surface area contributed by atoms with Crippen molar-refractivity contribution in [3.8, 4) is 0 Å². The molecule has 0 aromatic heterocycles. The maximum absolute atomic E-state index is 14.0. The van der Waals surface area contributed by atoms with Crippen molar-refractivity contribution in [3.05, 3.63) is 27.8 Å². The number of carbonyl (C=O) groups is 13. The van der Waals surface area contributed by atoms with Crippen LogP contribution in [0.4, 0.5) is 0 Å². The number of rotatable bonds is 23. The van der Waals surface area contributed by atoms with Gasteiger partial charge in [-0.3, -0.25) is 62.3 Å². The van der Waals surface area contributed by atoms with Crippen molar-refractivity contribution < 1.29 is 94.3 Å². The number of allylic oxidation sites excluding steroid dienone is 1. The van der Waals surface area contributed by atoms with Gasteiger partial charge in [-0.1, -0.05) is 52.2 Å². The second kappa shape index (κ2) is 42.9. The van der Waals surface area contributed by atoms with Gasteiger partial charge in [-0.05, 0) is 57.3 Å². The second-order valence-electron chi connectivity index (χ2n) is 19.8. The maximum Gasteiger partial charge on any atom is 3.00 e. The van der Waals surface area contributed by atoms with Gasteiger partial charge >= 0.3 is 23.0 Å². The molecule has 33 heteroatoms. The third-order valence-corrected chi connectivity index (χ3v) is 12.5. The molecule has 1 aliphatic rings. The first-order valence-corrected chi connectivity index (χ1v) is 27.5. The molecule has 1 radical (unpaired) electrons. The van der Waals surface area contributed by atoms with Crippen molar-refractivity contribution in [1.82, 2.24) is 68.4 Å². The van der Waals surface area contributed by atoms with Gasteiger partial charge in [-0.2, -0.15) is 0 Å². The Kier molecular flexibility index (Phi) is 39.4. The largest absolute Gasteiger partial charge is 3.00 e. The number of unbranched alkanes of at least 4 members (excludes halogenated alkanes) is 4. The van der Waals surface area contributed by atoms with Gasteiger partial charge in [-0.15, -0.1) is 0 Å². The molecule has 3 unspecified atom stereocenters. The topological polar surface area (TPSA) is 471 Å². The van der Waals surface area contributed by atoms with Crippen LogP contribution in [0, 0.1) is 21.5 Å². The monoisotopic (exact) mass is 1240 g/mol. The van der Waals surface area contributed by atoms with Gasteiger partial charge < -0.3 is 98.9 Å². The molecule has 1 aliphatic heterocycles. The number of carbonyl (C=O) groups excluding carboxylic acids is 13. The second-order valence-corrected chi connectivity index (χ2v) is 19.8. The Balaban J connectivity index is 0.0000689. The van der Waals surface area contributed by atoms with E-state index in [1.165, 1.54) is 13.8 Å². The Hall–Kier alpha value is -6.87. The third-order valence-electron chi connectivity index (χ3n) is 12.5. The average molecular weight is 1240 g/mol. The molecule has 12 N–H and O–H groups in total. The van der Waals surface area contributed by atoms with Gasteiger partial charge in [-0.25, -0.2) is 0 Å². The zero-order chi connectivity index (χ0) is 62.6. The van der Waals surface area contributed by atoms with E-state index in [2.05, 4.69) is 60.1 Å². The van der Waals surface area contributed by atoms with E-state index >= 15 is 0 Å². The molecule has 7 atom stereocenters. The molecule has 0 bridgehead atoms. The number of amides is 12. The fourth-order valence-corrected chi connectivity index (χ4v) is 7.68. The summed E-state index contributed by atoms with van der Waals surface area (Å²) < 4.78 is 5.27. The maximum atomic E-state index is 14.0. The molecule has 0 saturated carbocycles. The van der Waals surface area contributed by atoms with Crippen LogP contribution in [0.1, 0.15) is 119 Å².